The summed E-state index contributed by atoms with van der Waals surface area (Å²) in [4.78, 5) is 0. The van der Waals surface area contributed by atoms with E-state index in [4.69, 9.17) is 0 Å². The molecule has 0 radical (unpaired) electrons. The number of benzene rings is 2. The molecule has 20 heavy (non-hydrogen) atoms. The number of rotatable bonds is 2. The smallest absolute Gasteiger partial charge is 0.569 e. The lowest BCUT2D eigenvalue weighted by molar-refractivity contribution is -0.183. The van der Waals surface area contributed by atoms with E-state index in [0.29, 0.717) is 11.1 Å². The van der Waals surface area contributed by atoms with Gasteiger partial charge in [0, 0.05) is 5.56 Å². The molecule has 0 amide bonds. The molecule has 3 rings (SSSR count). The van der Waals surface area contributed by atoms with Gasteiger partial charge in [-0.3, -0.25) is 0 Å². The van der Waals surface area contributed by atoms with Crippen molar-refractivity contribution in [3.8, 4) is 0 Å². The Hall–Kier alpha value is -2.43. The second-order valence-corrected chi connectivity index (χ2v) is 4.38. The van der Waals surface area contributed by atoms with Gasteiger partial charge in [0.25, 0.3) is 5.78 Å². The fraction of sp³-hybridized carbons (Fsp3) is 0. The van der Waals surface area contributed by atoms with Gasteiger partial charge >= 0.3 is 7.11 Å². The highest BCUT2D eigenvalue weighted by molar-refractivity contribution is 6.52. The highest BCUT2D eigenvalue weighted by Gasteiger charge is 2.53. The van der Waals surface area contributed by atoms with Gasteiger partial charge in [0.05, 0.1) is 17.4 Å². The number of carbonyl (C=O) groups excluding carboxylic acids is 1. The zero-order valence-corrected chi connectivity index (χ0v) is 10.5. The van der Waals surface area contributed by atoms with Crippen molar-refractivity contribution in [2.24, 2.45) is 0 Å². The number of allylic oxidation sites excluding steroid dienone is 1. The van der Waals surface area contributed by atoms with Gasteiger partial charge in [0.1, 0.15) is 0 Å². The molecule has 0 aliphatic carbocycles. The molecule has 0 saturated carbocycles. The van der Waals surface area contributed by atoms with Crippen molar-refractivity contribution < 1.29 is 17.6 Å². The third-order valence-corrected chi connectivity index (χ3v) is 2.91. The Morgan fingerprint density at radius 2 is 1.35 bits per heavy atom. The van der Waals surface area contributed by atoms with Crippen molar-refractivity contribution in [2.75, 3.05) is 0 Å². The Morgan fingerprint density at radius 1 is 0.800 bits per heavy atom. The third-order valence-electron chi connectivity index (χ3n) is 2.91. The Morgan fingerprint density at radius 3 is 1.95 bits per heavy atom. The summed E-state index contributed by atoms with van der Waals surface area (Å²) in [5, 5.41) is 0. The first-order valence-electron chi connectivity index (χ1n) is 6.21. The topological polar surface area (TPSA) is 20.5 Å². The number of hydrogen-bond donors (Lipinski definition) is 0. The van der Waals surface area contributed by atoms with E-state index < -0.39 is 7.11 Å². The Balaban J connectivity index is 2.05. The van der Waals surface area contributed by atoms with Crippen LogP contribution in [-0.2, 0) is 4.65 Å². The first kappa shape index (κ1) is 12.6. The molecule has 1 aliphatic rings. The van der Waals surface area contributed by atoms with Crippen molar-refractivity contribution in [3.63, 3.8) is 0 Å². The van der Waals surface area contributed by atoms with Crippen molar-refractivity contribution in [2.45, 2.75) is 0 Å². The quantitative estimate of drug-likeness (QED) is 0.600. The van der Waals surface area contributed by atoms with Gasteiger partial charge in [0.2, 0.25) is 0 Å². The molecule has 0 spiro atoms. The molecule has 0 aromatic heterocycles. The summed E-state index contributed by atoms with van der Waals surface area (Å²) in [7, 11) is -4.36. The monoisotopic (exact) mass is 272 g/mol. The second kappa shape index (κ2) is 4.92. The first-order valence-corrected chi connectivity index (χ1v) is 6.21. The zero-order valence-electron chi connectivity index (χ0n) is 10.5. The molecule has 0 bridgehead atoms. The van der Waals surface area contributed by atoms with Gasteiger partial charge in [-0.05, 0) is 12.1 Å². The maximum Gasteiger partial charge on any atom is 0.995 e. The fourth-order valence-electron chi connectivity index (χ4n) is 2.01. The largest absolute Gasteiger partial charge is 0.995 e. The van der Waals surface area contributed by atoms with Gasteiger partial charge in [-0.15, -0.1) is 0 Å². The predicted octanol–water partition coefficient (Wildman–Crippen LogP) is 3.85. The van der Waals surface area contributed by atoms with Crippen LogP contribution in [0, 0.1) is 0 Å². The van der Waals surface area contributed by atoms with Crippen LogP contribution in [0.25, 0.3) is 5.76 Å². The highest BCUT2D eigenvalue weighted by Crippen LogP contribution is 2.28. The summed E-state index contributed by atoms with van der Waals surface area (Å²) in [6.45, 7) is 0. The average Bonchev–Trinajstić information content (AvgIpc) is 2.47. The molecular formula is C15H11BF2O2. The standard InChI is InChI=1S/C15H11BF2O2/c17-16(18)19-14(12-7-3-1-4-8-12)11-15(20-16)13-9-5-2-6-10-13/h1-11H. The molecule has 2 aromatic carbocycles. The van der Waals surface area contributed by atoms with E-state index in [0.717, 1.165) is 0 Å². The first-order chi connectivity index (χ1) is 9.64. The van der Waals surface area contributed by atoms with Crippen molar-refractivity contribution in [1.82, 2.24) is 0 Å². The summed E-state index contributed by atoms with van der Waals surface area (Å²) >= 11 is 0. The predicted molar refractivity (Wildman–Crippen MR) is 74.2 cm³/mol. The molecule has 0 saturated heterocycles. The molecule has 1 heterocycles. The lowest BCUT2D eigenvalue weighted by atomic mass is 10.0. The van der Waals surface area contributed by atoms with Gasteiger partial charge in [0.15, 0.2) is 0 Å². The SMILES string of the molecule is F[B-]1(F)OC(c2ccccc2)=CC(c2ccccc2)=[O+]1. The van der Waals surface area contributed by atoms with E-state index >= 15 is 0 Å². The van der Waals surface area contributed by atoms with E-state index in [1.54, 1.807) is 48.5 Å². The summed E-state index contributed by atoms with van der Waals surface area (Å²) in [5.74, 6) is 0.224. The maximum atomic E-state index is 13.6. The molecule has 2 aromatic rings. The lowest BCUT2D eigenvalue weighted by Gasteiger charge is -2.20. The highest BCUT2D eigenvalue weighted by atomic mass is 19.3. The summed E-state index contributed by atoms with van der Waals surface area (Å²) in [6.07, 6.45) is 1.49. The minimum atomic E-state index is -4.36. The van der Waals surface area contributed by atoms with Crippen LogP contribution in [0.4, 0.5) is 8.63 Å². The number of halogens is 2. The van der Waals surface area contributed by atoms with Crippen LogP contribution in [0.5, 0.6) is 0 Å². The maximum absolute atomic E-state index is 13.6. The lowest BCUT2D eigenvalue weighted by Crippen LogP contribution is -2.30. The molecule has 100 valence electrons. The molecule has 1 aliphatic heterocycles. The Bertz CT molecular complexity index is 667. The van der Waals surface area contributed by atoms with Crippen molar-refractivity contribution in [3.05, 3.63) is 77.9 Å². The molecular weight excluding hydrogens is 261 g/mol. The van der Waals surface area contributed by atoms with Gasteiger partial charge < -0.3 is 17.6 Å². The van der Waals surface area contributed by atoms with Crippen LogP contribution in [0.1, 0.15) is 15.5 Å². The Labute approximate surface area is 115 Å². The molecule has 0 unspecified atom stereocenters. The van der Waals surface area contributed by atoms with E-state index in [-0.39, 0.29) is 11.5 Å². The molecule has 5 heteroatoms. The molecule has 2 nitrogen and oxygen atoms in total. The van der Waals surface area contributed by atoms with Gasteiger partial charge in [-0.25, -0.2) is 0 Å². The zero-order chi connectivity index (χ0) is 14.0. The van der Waals surface area contributed by atoms with Crippen LogP contribution in [0.3, 0.4) is 0 Å². The van der Waals surface area contributed by atoms with Crippen LogP contribution in [0.2, 0.25) is 0 Å². The summed E-state index contributed by atoms with van der Waals surface area (Å²) in [5.41, 5.74) is 1.18. The van der Waals surface area contributed by atoms with E-state index in [9.17, 15) is 8.63 Å². The third kappa shape index (κ3) is 2.61. The van der Waals surface area contributed by atoms with Crippen molar-refractivity contribution >= 4 is 18.6 Å². The van der Waals surface area contributed by atoms with Crippen LogP contribution >= 0.6 is 0 Å². The van der Waals surface area contributed by atoms with Gasteiger partial charge in [-0.2, -0.15) is 0 Å². The van der Waals surface area contributed by atoms with E-state index in [2.05, 4.69) is 9.00 Å². The summed E-state index contributed by atoms with van der Waals surface area (Å²) in [6, 6.07) is 17.5. The average molecular weight is 272 g/mol. The van der Waals surface area contributed by atoms with E-state index in [1.165, 1.54) is 6.08 Å². The Kier molecular flexibility index (Phi) is 3.10. The second-order valence-electron chi connectivity index (χ2n) is 4.38. The van der Waals surface area contributed by atoms with E-state index in [1.807, 2.05) is 12.1 Å². The minimum absolute atomic E-state index is 0.112. The van der Waals surface area contributed by atoms with Gasteiger partial charge in [-0.1, -0.05) is 48.5 Å². The van der Waals surface area contributed by atoms with Crippen molar-refractivity contribution in [1.29, 1.82) is 0 Å². The van der Waals surface area contributed by atoms with Crippen LogP contribution in [-0.4, -0.2) is 12.9 Å². The molecule has 0 fully saturated rings. The number of ketones is 1. The van der Waals surface area contributed by atoms with Crippen LogP contribution < -0.4 is 0 Å². The fourth-order valence-corrected chi connectivity index (χ4v) is 2.01. The normalized spacial score (nSPS) is 16.9. The van der Waals surface area contributed by atoms with Crippen LogP contribution in [0.15, 0.2) is 66.7 Å². The summed E-state index contributed by atoms with van der Waals surface area (Å²) < 4.78 is 36.6. The number of hydrogen-bond acceptors (Lipinski definition) is 1. The molecule has 0 N–H and O–H groups in total. The molecule has 0 atom stereocenters. The minimum Gasteiger partial charge on any atom is -0.569 e.